The fourth-order valence-corrected chi connectivity index (χ4v) is 4.12. The number of hydrogen-bond donors (Lipinski definition) is 1. The highest BCUT2D eigenvalue weighted by molar-refractivity contribution is 5.99. The van der Waals surface area contributed by atoms with E-state index in [-0.39, 0.29) is 18.2 Å². The van der Waals surface area contributed by atoms with E-state index in [4.69, 9.17) is 14.2 Å². The van der Waals surface area contributed by atoms with Crippen LogP contribution < -0.4 is 19.5 Å². The van der Waals surface area contributed by atoms with Gasteiger partial charge in [-0.2, -0.15) is 0 Å². The van der Waals surface area contributed by atoms with Crippen molar-refractivity contribution in [3.05, 3.63) is 83.4 Å². The molecule has 2 amide bonds. The molecule has 1 aliphatic rings. The lowest BCUT2D eigenvalue weighted by Gasteiger charge is -2.28. The molecule has 1 atom stereocenters. The van der Waals surface area contributed by atoms with Gasteiger partial charge in [0.05, 0.1) is 39.5 Å². The molecule has 3 aromatic rings. The molecule has 33 heavy (non-hydrogen) atoms. The van der Waals surface area contributed by atoms with Crippen LogP contribution in [0.1, 0.15) is 33.9 Å². The first-order chi connectivity index (χ1) is 16.0. The second-order valence-corrected chi connectivity index (χ2v) is 7.67. The molecule has 1 N–H and O–H groups in total. The largest absolute Gasteiger partial charge is 0.495 e. The van der Waals surface area contributed by atoms with Crippen LogP contribution in [0.2, 0.25) is 0 Å². The lowest BCUT2D eigenvalue weighted by molar-refractivity contribution is -0.117. The van der Waals surface area contributed by atoms with Gasteiger partial charge in [0.15, 0.2) is 11.5 Å². The Labute approximate surface area is 192 Å². The second kappa shape index (κ2) is 9.65. The van der Waals surface area contributed by atoms with E-state index in [0.29, 0.717) is 35.0 Å². The van der Waals surface area contributed by atoms with Gasteiger partial charge in [-0.3, -0.25) is 9.59 Å². The molecule has 7 nitrogen and oxygen atoms in total. The van der Waals surface area contributed by atoms with Crippen molar-refractivity contribution >= 4 is 17.5 Å². The van der Waals surface area contributed by atoms with Gasteiger partial charge in [-0.25, -0.2) is 0 Å². The number of nitrogens with one attached hydrogen (secondary N) is 1. The Balaban J connectivity index is 1.66. The molecular formula is C26H26N2O5. The van der Waals surface area contributed by atoms with Crippen molar-refractivity contribution in [1.29, 1.82) is 0 Å². The van der Waals surface area contributed by atoms with Gasteiger partial charge in [-0.15, -0.1) is 0 Å². The van der Waals surface area contributed by atoms with Crippen molar-refractivity contribution in [2.45, 2.75) is 19.0 Å². The predicted octanol–water partition coefficient (Wildman–Crippen LogP) is 4.44. The van der Waals surface area contributed by atoms with Gasteiger partial charge in [0.25, 0.3) is 5.91 Å². The quantitative estimate of drug-likeness (QED) is 0.554. The van der Waals surface area contributed by atoms with Crippen molar-refractivity contribution in [3.8, 4) is 17.2 Å². The Morgan fingerprint density at radius 1 is 0.909 bits per heavy atom. The number of carbonyl (C=O) groups excluding carboxylic acids is 2. The van der Waals surface area contributed by atoms with E-state index in [1.807, 2.05) is 48.5 Å². The molecule has 3 aromatic carbocycles. The number of carbonyl (C=O) groups is 2. The molecule has 0 aromatic heterocycles. The highest BCUT2D eigenvalue weighted by atomic mass is 16.5. The van der Waals surface area contributed by atoms with Crippen molar-refractivity contribution in [2.75, 3.05) is 26.6 Å². The number of amides is 2. The minimum Gasteiger partial charge on any atom is -0.495 e. The summed E-state index contributed by atoms with van der Waals surface area (Å²) < 4.78 is 16.2. The zero-order valence-corrected chi connectivity index (χ0v) is 18.8. The Morgan fingerprint density at radius 2 is 1.61 bits per heavy atom. The molecule has 0 saturated carbocycles. The topological polar surface area (TPSA) is 77.1 Å². The van der Waals surface area contributed by atoms with Crippen LogP contribution in [0.5, 0.6) is 17.2 Å². The number of methoxy groups -OCH3 is 3. The molecule has 0 aliphatic carbocycles. The minimum atomic E-state index is -0.501. The van der Waals surface area contributed by atoms with Gasteiger partial charge >= 0.3 is 0 Å². The van der Waals surface area contributed by atoms with E-state index in [9.17, 15) is 9.59 Å². The predicted molar refractivity (Wildman–Crippen MR) is 125 cm³/mol. The van der Waals surface area contributed by atoms with Gasteiger partial charge in [-0.1, -0.05) is 36.4 Å². The third-order valence-corrected chi connectivity index (χ3v) is 5.78. The van der Waals surface area contributed by atoms with Crippen LogP contribution in [0.4, 0.5) is 5.69 Å². The van der Waals surface area contributed by atoms with E-state index in [1.165, 1.54) is 0 Å². The molecule has 1 aliphatic heterocycles. The Hall–Kier alpha value is -4.00. The smallest absolute Gasteiger partial charge is 0.255 e. The minimum absolute atomic E-state index is 0.0628. The van der Waals surface area contributed by atoms with Gasteiger partial charge in [0, 0.05) is 12.1 Å². The van der Waals surface area contributed by atoms with Crippen molar-refractivity contribution in [2.24, 2.45) is 0 Å². The molecule has 7 heteroatoms. The second-order valence-electron chi connectivity index (χ2n) is 7.67. The number of benzene rings is 3. The van der Waals surface area contributed by atoms with E-state index in [0.717, 1.165) is 11.1 Å². The molecule has 1 heterocycles. The maximum absolute atomic E-state index is 13.2. The van der Waals surface area contributed by atoms with Gasteiger partial charge in [0.1, 0.15) is 5.75 Å². The number of para-hydroxylation sites is 2. The number of anilines is 1. The molecule has 0 unspecified atom stereocenters. The first-order valence-electron chi connectivity index (χ1n) is 10.6. The first-order valence-corrected chi connectivity index (χ1v) is 10.6. The van der Waals surface area contributed by atoms with Gasteiger partial charge in [-0.05, 0) is 41.5 Å². The average molecular weight is 447 g/mol. The van der Waals surface area contributed by atoms with Crippen LogP contribution in [0, 0.1) is 0 Å². The van der Waals surface area contributed by atoms with Crippen LogP contribution in [-0.4, -0.2) is 38.0 Å². The van der Waals surface area contributed by atoms with Crippen LogP contribution >= 0.6 is 0 Å². The van der Waals surface area contributed by atoms with Crippen LogP contribution in [0.3, 0.4) is 0 Å². The lowest BCUT2D eigenvalue weighted by Crippen LogP contribution is -2.32. The zero-order chi connectivity index (χ0) is 23.4. The Bertz CT molecular complexity index is 1180. The van der Waals surface area contributed by atoms with Gasteiger partial charge in [0.2, 0.25) is 5.91 Å². The Kier molecular flexibility index (Phi) is 6.49. The summed E-state index contributed by atoms with van der Waals surface area (Å²) in [5.41, 5.74) is 2.96. The molecule has 0 saturated heterocycles. The van der Waals surface area contributed by atoms with E-state index >= 15 is 0 Å². The fraction of sp³-hybridized carbons (Fsp3) is 0.231. The average Bonchev–Trinajstić information content (AvgIpc) is 3.18. The third-order valence-electron chi connectivity index (χ3n) is 5.78. The third kappa shape index (κ3) is 4.48. The molecule has 0 bridgehead atoms. The fourth-order valence-electron chi connectivity index (χ4n) is 4.12. The molecule has 170 valence electrons. The maximum atomic E-state index is 13.2. The monoisotopic (exact) mass is 446 g/mol. The molecule has 4 rings (SSSR count). The van der Waals surface area contributed by atoms with E-state index in [1.54, 1.807) is 44.4 Å². The standard InChI is InChI=1S/C26H26N2O5/c1-31-22-11-7-6-10-20(22)27-25(29)15-21(17-12-13-23(32-2)24(14-17)33-3)28-16-18-8-4-5-9-19(18)26(28)30/h4-14,21H,15-16H2,1-3H3,(H,27,29)/t21-/m0/s1. The van der Waals surface area contributed by atoms with Crippen LogP contribution in [-0.2, 0) is 11.3 Å². The normalized spacial score (nSPS) is 13.3. The summed E-state index contributed by atoms with van der Waals surface area (Å²) in [5.74, 6) is 1.35. The lowest BCUT2D eigenvalue weighted by atomic mass is 10.0. The maximum Gasteiger partial charge on any atom is 0.255 e. The van der Waals surface area contributed by atoms with E-state index < -0.39 is 6.04 Å². The Morgan fingerprint density at radius 3 is 2.33 bits per heavy atom. The van der Waals surface area contributed by atoms with Gasteiger partial charge < -0.3 is 24.4 Å². The summed E-state index contributed by atoms with van der Waals surface area (Å²) in [6.45, 7) is 0.427. The summed E-state index contributed by atoms with van der Waals surface area (Å²) in [6, 6.07) is 19.7. The number of rotatable bonds is 8. The number of fused-ring (bicyclic) bond motifs is 1. The summed E-state index contributed by atoms with van der Waals surface area (Å²) in [4.78, 5) is 28.1. The highest BCUT2D eigenvalue weighted by Gasteiger charge is 2.35. The summed E-state index contributed by atoms with van der Waals surface area (Å²) in [6.07, 6.45) is 0.0628. The highest BCUT2D eigenvalue weighted by Crippen LogP contribution is 2.37. The molecule has 0 fully saturated rings. The van der Waals surface area contributed by atoms with Crippen LogP contribution in [0.15, 0.2) is 66.7 Å². The summed E-state index contributed by atoms with van der Waals surface area (Å²) in [5, 5.41) is 2.91. The number of nitrogens with zero attached hydrogens (tertiary/aromatic N) is 1. The zero-order valence-electron chi connectivity index (χ0n) is 18.8. The van der Waals surface area contributed by atoms with Crippen molar-refractivity contribution in [3.63, 3.8) is 0 Å². The van der Waals surface area contributed by atoms with Crippen molar-refractivity contribution in [1.82, 2.24) is 4.90 Å². The SMILES string of the molecule is COc1ccccc1NC(=O)C[C@@H](c1ccc(OC)c(OC)c1)N1Cc2ccccc2C1=O. The molecule has 0 spiro atoms. The van der Waals surface area contributed by atoms with Crippen molar-refractivity contribution < 1.29 is 23.8 Å². The number of hydrogen-bond acceptors (Lipinski definition) is 5. The first kappa shape index (κ1) is 22.2. The van der Waals surface area contributed by atoms with E-state index in [2.05, 4.69) is 5.32 Å². The number of ether oxygens (including phenoxy) is 3. The molecule has 0 radical (unpaired) electrons. The molecular weight excluding hydrogens is 420 g/mol. The van der Waals surface area contributed by atoms with Crippen LogP contribution in [0.25, 0.3) is 0 Å². The summed E-state index contributed by atoms with van der Waals surface area (Å²) >= 11 is 0. The summed E-state index contributed by atoms with van der Waals surface area (Å²) in [7, 11) is 4.68.